The van der Waals surface area contributed by atoms with Crippen molar-refractivity contribution >= 4 is 23.2 Å². The van der Waals surface area contributed by atoms with Gasteiger partial charge >= 0.3 is 0 Å². The zero-order valence-electron chi connectivity index (χ0n) is 23.4. The van der Waals surface area contributed by atoms with Gasteiger partial charge in [-0.25, -0.2) is 0 Å². The van der Waals surface area contributed by atoms with Crippen LogP contribution >= 0.6 is 0 Å². The first kappa shape index (κ1) is 28.1. The van der Waals surface area contributed by atoms with Gasteiger partial charge in [0.15, 0.2) is 11.4 Å². The molecule has 0 radical (unpaired) electrons. The van der Waals surface area contributed by atoms with Crippen LogP contribution in [-0.4, -0.2) is 93.1 Å². The van der Waals surface area contributed by atoms with Crippen molar-refractivity contribution in [3.8, 4) is 11.5 Å². The van der Waals surface area contributed by atoms with E-state index in [0.29, 0.717) is 11.3 Å². The van der Waals surface area contributed by atoms with Gasteiger partial charge in [0, 0.05) is 34.7 Å². The maximum absolute atomic E-state index is 14.0. The number of carbonyl (C=O) groups excluding carboxylic acids is 3. The zero-order valence-corrected chi connectivity index (χ0v) is 23.4. The molecule has 0 aromatic heterocycles. The standard InChI is InChI=1S/C29H37N3O8/c1-12(2)32-8-6-7-17(32)14-11-18(33)20-15(25(14)40-5)9-13-10-16-22(31(3)4)24(35)21(28(30)38)27(37)29(16,39)26(36)19(13)23(20)34/h11-13,16-17,22,33-34,37,39H,6-10H2,1-5H3,(H2,30,38)/t13-,16-,17?,22-,29-/m0/s1. The number of Topliss-reactive ketones (excluding diaryl/α,β-unsaturated/α-hetero) is 2. The number of aliphatic hydroxyl groups is 3. The van der Waals surface area contributed by atoms with E-state index >= 15 is 0 Å². The Bertz CT molecular complexity index is 1380. The quantitative estimate of drug-likeness (QED) is 0.335. The molecule has 1 unspecified atom stereocenters. The number of rotatable bonds is 5. The van der Waals surface area contributed by atoms with Gasteiger partial charge in [0.1, 0.15) is 28.6 Å². The van der Waals surface area contributed by atoms with Crippen LogP contribution in [0.15, 0.2) is 23.0 Å². The molecule has 1 heterocycles. The summed E-state index contributed by atoms with van der Waals surface area (Å²) < 4.78 is 5.89. The van der Waals surface area contributed by atoms with Gasteiger partial charge in [0.05, 0.1) is 18.7 Å². The molecule has 1 saturated carbocycles. The van der Waals surface area contributed by atoms with Crippen molar-refractivity contribution in [3.05, 3.63) is 39.7 Å². The molecule has 11 nitrogen and oxygen atoms in total. The number of ether oxygens (including phenoxy) is 1. The summed E-state index contributed by atoms with van der Waals surface area (Å²) in [6.07, 6.45) is 2.08. The number of likely N-dealkylation sites (tertiary alicyclic amines) is 1. The molecule has 4 aliphatic rings. The third-order valence-electron chi connectivity index (χ3n) is 9.22. The number of methoxy groups -OCH3 is 1. The highest BCUT2D eigenvalue weighted by molar-refractivity contribution is 6.24. The fourth-order valence-electron chi connectivity index (χ4n) is 7.55. The first-order valence-corrected chi connectivity index (χ1v) is 13.6. The van der Waals surface area contributed by atoms with E-state index in [1.807, 2.05) is 0 Å². The van der Waals surface area contributed by atoms with E-state index in [1.54, 1.807) is 20.2 Å². The van der Waals surface area contributed by atoms with Gasteiger partial charge in [-0.1, -0.05) is 0 Å². The largest absolute Gasteiger partial charge is 0.508 e. The molecule has 1 aromatic rings. The van der Waals surface area contributed by atoms with E-state index in [2.05, 4.69) is 18.7 Å². The number of hydrogen-bond acceptors (Lipinski definition) is 10. The minimum atomic E-state index is -2.66. The summed E-state index contributed by atoms with van der Waals surface area (Å²) in [5.41, 5.74) is 3.07. The number of phenolic OH excluding ortho intramolecular Hbond substituents is 1. The average Bonchev–Trinajstić information content (AvgIpc) is 3.36. The molecule has 0 spiro atoms. The number of nitrogens with zero attached hydrogens (tertiary/aromatic N) is 2. The molecular formula is C29H37N3O8. The number of ketones is 2. The molecule has 1 aromatic carbocycles. The van der Waals surface area contributed by atoms with Gasteiger partial charge < -0.3 is 30.9 Å². The van der Waals surface area contributed by atoms with Gasteiger partial charge in [0.2, 0.25) is 5.78 Å². The summed E-state index contributed by atoms with van der Waals surface area (Å²) in [6.45, 7) is 5.12. The number of phenols is 1. The number of amides is 1. The Morgan fingerprint density at radius 1 is 1.23 bits per heavy atom. The molecule has 5 atom stereocenters. The number of likely N-dealkylation sites (N-methyl/N-ethyl adjacent to an activating group) is 1. The Labute approximate surface area is 232 Å². The predicted molar refractivity (Wildman–Crippen MR) is 145 cm³/mol. The number of aromatic hydroxyl groups is 1. The average molecular weight is 556 g/mol. The van der Waals surface area contributed by atoms with E-state index in [4.69, 9.17) is 10.5 Å². The topological polar surface area (TPSA) is 174 Å². The molecule has 0 bridgehead atoms. The van der Waals surface area contributed by atoms with Crippen molar-refractivity contribution in [2.24, 2.45) is 17.6 Å². The van der Waals surface area contributed by atoms with Crippen LogP contribution in [-0.2, 0) is 20.8 Å². The van der Waals surface area contributed by atoms with Crippen molar-refractivity contribution in [2.45, 2.75) is 63.3 Å². The molecule has 5 rings (SSSR count). The van der Waals surface area contributed by atoms with Gasteiger partial charge in [-0.05, 0) is 72.2 Å². The smallest absolute Gasteiger partial charge is 0.255 e. The van der Waals surface area contributed by atoms with E-state index in [1.165, 1.54) is 12.0 Å². The zero-order chi connectivity index (χ0) is 29.4. The maximum Gasteiger partial charge on any atom is 0.255 e. The first-order chi connectivity index (χ1) is 18.8. The van der Waals surface area contributed by atoms with E-state index < -0.39 is 58.0 Å². The lowest BCUT2D eigenvalue weighted by Gasteiger charge is -2.50. The fourth-order valence-corrected chi connectivity index (χ4v) is 7.55. The predicted octanol–water partition coefficient (Wildman–Crippen LogP) is 1.52. The molecule has 1 saturated heterocycles. The van der Waals surface area contributed by atoms with Gasteiger partial charge in [-0.3, -0.25) is 24.2 Å². The second-order valence-corrected chi connectivity index (χ2v) is 11.8. The van der Waals surface area contributed by atoms with E-state index in [0.717, 1.165) is 24.9 Å². The normalized spacial score (nSPS) is 30.6. The molecule has 40 heavy (non-hydrogen) atoms. The number of primary amides is 1. The van der Waals surface area contributed by atoms with Crippen molar-refractivity contribution in [3.63, 3.8) is 0 Å². The Morgan fingerprint density at radius 2 is 1.90 bits per heavy atom. The summed E-state index contributed by atoms with van der Waals surface area (Å²) in [5, 5.41) is 45.4. The minimum Gasteiger partial charge on any atom is -0.508 e. The lowest BCUT2D eigenvalue weighted by molar-refractivity contribution is -0.153. The van der Waals surface area contributed by atoms with Crippen molar-refractivity contribution in [1.82, 2.24) is 9.80 Å². The molecule has 2 fully saturated rings. The number of hydrogen-bond donors (Lipinski definition) is 5. The van der Waals surface area contributed by atoms with Crippen LogP contribution < -0.4 is 10.5 Å². The second kappa shape index (κ2) is 9.60. The Hall–Kier alpha value is -3.41. The number of carbonyl (C=O) groups is 3. The third kappa shape index (κ3) is 3.71. The molecule has 1 amide bonds. The number of benzene rings is 1. The molecule has 3 aliphatic carbocycles. The number of fused-ring (bicyclic) bond motifs is 3. The first-order valence-electron chi connectivity index (χ1n) is 13.6. The van der Waals surface area contributed by atoms with Crippen LogP contribution in [0.2, 0.25) is 0 Å². The van der Waals surface area contributed by atoms with Crippen LogP contribution in [0.3, 0.4) is 0 Å². The van der Waals surface area contributed by atoms with Crippen LogP contribution in [0.5, 0.6) is 11.5 Å². The second-order valence-electron chi connectivity index (χ2n) is 11.8. The summed E-state index contributed by atoms with van der Waals surface area (Å²) in [5.74, 6) is -6.19. The maximum atomic E-state index is 14.0. The fraction of sp³-hybridized carbons (Fsp3) is 0.552. The molecule has 1 aliphatic heterocycles. The summed E-state index contributed by atoms with van der Waals surface area (Å²) in [6, 6.07) is 0.702. The van der Waals surface area contributed by atoms with Crippen LogP contribution in [0, 0.1) is 11.8 Å². The lowest BCUT2D eigenvalue weighted by atomic mass is 9.57. The monoisotopic (exact) mass is 555 g/mol. The summed E-state index contributed by atoms with van der Waals surface area (Å²) in [7, 11) is 4.67. The van der Waals surface area contributed by atoms with Crippen LogP contribution in [0.1, 0.15) is 55.8 Å². The number of aliphatic hydroxyl groups excluding tert-OH is 2. The Kier molecular flexibility index (Phi) is 6.75. The van der Waals surface area contributed by atoms with Gasteiger partial charge in [-0.2, -0.15) is 0 Å². The highest BCUT2D eigenvalue weighted by Gasteiger charge is 2.64. The van der Waals surface area contributed by atoms with Crippen LogP contribution in [0.4, 0.5) is 0 Å². The van der Waals surface area contributed by atoms with Crippen molar-refractivity contribution in [1.29, 1.82) is 0 Å². The Morgan fingerprint density at radius 3 is 2.48 bits per heavy atom. The highest BCUT2D eigenvalue weighted by Crippen LogP contribution is 2.55. The molecule has 11 heteroatoms. The SMILES string of the molecule is COc1c(C2CCCN2C(C)C)cc(O)c2c1C[C@H]1C[C@H]3[C@H](N(C)C)C(=O)C(C(N)=O)=C(O)[C@@]3(O)C(=O)C1=C2O. The summed E-state index contributed by atoms with van der Waals surface area (Å²) in [4.78, 5) is 43.2. The lowest BCUT2D eigenvalue weighted by Crippen LogP contribution is -2.65. The Balaban J connectivity index is 1.71. The minimum absolute atomic E-state index is 0.000131. The molecule has 216 valence electrons. The van der Waals surface area contributed by atoms with E-state index in [-0.39, 0.29) is 41.8 Å². The summed E-state index contributed by atoms with van der Waals surface area (Å²) >= 11 is 0. The van der Waals surface area contributed by atoms with Crippen molar-refractivity contribution < 1.29 is 39.5 Å². The van der Waals surface area contributed by atoms with Gasteiger partial charge in [-0.15, -0.1) is 0 Å². The highest BCUT2D eigenvalue weighted by atomic mass is 16.5. The van der Waals surface area contributed by atoms with Crippen LogP contribution in [0.25, 0.3) is 5.76 Å². The number of nitrogens with two attached hydrogens (primary N) is 1. The van der Waals surface area contributed by atoms with Gasteiger partial charge in [0.25, 0.3) is 5.91 Å². The van der Waals surface area contributed by atoms with E-state index in [9.17, 15) is 34.8 Å². The molecule has 6 N–H and O–H groups in total. The molecular weight excluding hydrogens is 518 g/mol. The third-order valence-corrected chi connectivity index (χ3v) is 9.22. The van der Waals surface area contributed by atoms with Crippen molar-refractivity contribution in [2.75, 3.05) is 27.7 Å².